The molecule has 168 valence electrons. The minimum Gasteiger partial charge on any atom is -0.497 e. The van der Waals surface area contributed by atoms with Crippen molar-refractivity contribution in [3.8, 4) is 5.75 Å². The van der Waals surface area contributed by atoms with E-state index in [0.717, 1.165) is 62.5 Å². The first kappa shape index (κ1) is 23.1. The smallest absolute Gasteiger partial charge is 0.134 e. The Morgan fingerprint density at radius 1 is 1.16 bits per heavy atom. The van der Waals surface area contributed by atoms with E-state index in [1.165, 1.54) is 11.3 Å². The van der Waals surface area contributed by atoms with Crippen molar-refractivity contribution in [2.45, 2.75) is 27.2 Å². The Morgan fingerprint density at radius 2 is 1.94 bits per heavy atom. The van der Waals surface area contributed by atoms with E-state index in [0.29, 0.717) is 12.5 Å². The predicted octanol–water partition coefficient (Wildman–Crippen LogP) is 4.47. The first-order valence-corrected chi connectivity index (χ1v) is 11.4. The quantitative estimate of drug-likeness (QED) is 0.547. The fourth-order valence-electron chi connectivity index (χ4n) is 4.04. The van der Waals surface area contributed by atoms with Gasteiger partial charge in [-0.25, -0.2) is 0 Å². The summed E-state index contributed by atoms with van der Waals surface area (Å²) < 4.78 is 11.4. The van der Waals surface area contributed by atoms with E-state index in [1.807, 2.05) is 12.1 Å². The standard InChI is InChI=1S/C26H36N2O3/c1-5-15-31-26-16-21(20(2)3)9-10-22(25(26)19-29)18-27-11-13-28(14-12-27)23-7-6-8-24(17-23)30-4/h6-10,16-17,19-20,25H,5,11-15,18H2,1-4H3. The lowest BCUT2D eigenvalue weighted by Crippen LogP contribution is -2.47. The Morgan fingerprint density at radius 3 is 2.58 bits per heavy atom. The summed E-state index contributed by atoms with van der Waals surface area (Å²) in [5.41, 5.74) is 3.51. The summed E-state index contributed by atoms with van der Waals surface area (Å²) in [4.78, 5) is 16.9. The van der Waals surface area contributed by atoms with Crippen molar-refractivity contribution in [3.63, 3.8) is 0 Å². The minimum absolute atomic E-state index is 0.310. The first-order chi connectivity index (χ1) is 15.0. The number of rotatable bonds is 9. The molecule has 31 heavy (non-hydrogen) atoms. The molecule has 0 bridgehead atoms. The van der Waals surface area contributed by atoms with E-state index in [9.17, 15) is 4.79 Å². The van der Waals surface area contributed by atoms with Crippen LogP contribution in [0.5, 0.6) is 5.75 Å². The molecule has 5 heteroatoms. The largest absolute Gasteiger partial charge is 0.497 e. The molecule has 0 radical (unpaired) electrons. The molecule has 0 N–H and O–H groups in total. The number of methoxy groups -OCH3 is 1. The number of carbonyl (C=O) groups is 1. The van der Waals surface area contributed by atoms with Crippen LogP contribution in [0, 0.1) is 11.8 Å². The van der Waals surface area contributed by atoms with Gasteiger partial charge in [0.15, 0.2) is 0 Å². The van der Waals surface area contributed by atoms with Gasteiger partial charge in [0, 0.05) is 44.5 Å². The van der Waals surface area contributed by atoms with Crippen molar-refractivity contribution >= 4 is 12.0 Å². The van der Waals surface area contributed by atoms with Crippen molar-refractivity contribution in [2.75, 3.05) is 51.3 Å². The van der Waals surface area contributed by atoms with Gasteiger partial charge in [-0.3, -0.25) is 4.90 Å². The van der Waals surface area contributed by atoms with Crippen LogP contribution >= 0.6 is 0 Å². The summed E-state index contributed by atoms with van der Waals surface area (Å²) in [6.07, 6.45) is 8.34. The summed E-state index contributed by atoms with van der Waals surface area (Å²) in [5.74, 6) is 1.75. The second-order valence-electron chi connectivity index (χ2n) is 8.54. The average Bonchev–Trinajstić information content (AvgIpc) is 2.97. The molecule has 1 heterocycles. The van der Waals surface area contributed by atoms with Crippen molar-refractivity contribution in [1.29, 1.82) is 0 Å². The molecular weight excluding hydrogens is 388 g/mol. The number of nitrogens with zero attached hydrogens (tertiary/aromatic N) is 2. The molecule has 1 aromatic carbocycles. The summed E-state index contributed by atoms with van der Waals surface area (Å²) in [5, 5.41) is 0. The third kappa shape index (κ3) is 6.01. The van der Waals surface area contributed by atoms with Crippen LogP contribution in [0.15, 0.2) is 59.4 Å². The van der Waals surface area contributed by atoms with Gasteiger partial charge in [-0.2, -0.15) is 0 Å². The molecule has 3 rings (SSSR count). The maximum atomic E-state index is 12.1. The molecule has 1 unspecified atom stereocenters. The molecule has 2 aliphatic rings. The van der Waals surface area contributed by atoms with Crippen LogP contribution in [0.2, 0.25) is 0 Å². The number of piperazine rings is 1. The average molecular weight is 425 g/mol. The number of aldehydes is 1. The molecular formula is C26H36N2O3. The lowest BCUT2D eigenvalue weighted by molar-refractivity contribution is -0.110. The minimum atomic E-state index is -0.310. The van der Waals surface area contributed by atoms with Gasteiger partial charge in [0.1, 0.15) is 17.8 Å². The lowest BCUT2D eigenvalue weighted by Gasteiger charge is -2.37. The molecule has 1 atom stereocenters. The number of anilines is 1. The number of carbonyl (C=O) groups excluding carboxylic acids is 1. The predicted molar refractivity (Wildman–Crippen MR) is 127 cm³/mol. The normalized spacial score (nSPS) is 20.0. The lowest BCUT2D eigenvalue weighted by atomic mass is 9.97. The van der Waals surface area contributed by atoms with E-state index in [-0.39, 0.29) is 5.92 Å². The summed E-state index contributed by atoms with van der Waals surface area (Å²) in [6.45, 7) is 11.7. The Hall–Kier alpha value is -2.53. The van der Waals surface area contributed by atoms with E-state index >= 15 is 0 Å². The van der Waals surface area contributed by atoms with E-state index in [1.54, 1.807) is 7.11 Å². The van der Waals surface area contributed by atoms with Crippen LogP contribution in [-0.2, 0) is 9.53 Å². The van der Waals surface area contributed by atoms with Crippen LogP contribution in [0.1, 0.15) is 27.2 Å². The van der Waals surface area contributed by atoms with Gasteiger partial charge in [0.25, 0.3) is 0 Å². The van der Waals surface area contributed by atoms with Gasteiger partial charge < -0.3 is 19.2 Å². The van der Waals surface area contributed by atoms with Gasteiger partial charge >= 0.3 is 0 Å². The zero-order valence-electron chi connectivity index (χ0n) is 19.3. The Balaban J connectivity index is 1.69. The molecule has 1 aromatic rings. The van der Waals surface area contributed by atoms with Gasteiger partial charge in [0.05, 0.1) is 19.6 Å². The Labute approximate surface area is 187 Å². The van der Waals surface area contributed by atoms with Crippen molar-refractivity contribution in [3.05, 3.63) is 59.4 Å². The third-order valence-electron chi connectivity index (χ3n) is 5.98. The second kappa shape index (κ2) is 11.2. The van der Waals surface area contributed by atoms with Crippen LogP contribution < -0.4 is 9.64 Å². The second-order valence-corrected chi connectivity index (χ2v) is 8.54. The molecule has 0 amide bonds. The highest BCUT2D eigenvalue weighted by Gasteiger charge is 2.26. The van der Waals surface area contributed by atoms with Gasteiger partial charge in [0.2, 0.25) is 0 Å². The fraction of sp³-hybridized carbons (Fsp3) is 0.500. The Kier molecular flexibility index (Phi) is 8.35. The molecule has 1 saturated heterocycles. The van der Waals surface area contributed by atoms with Crippen LogP contribution in [0.3, 0.4) is 0 Å². The molecule has 1 fully saturated rings. The molecule has 0 spiro atoms. The molecule has 0 saturated carbocycles. The van der Waals surface area contributed by atoms with Gasteiger partial charge in [-0.15, -0.1) is 0 Å². The van der Waals surface area contributed by atoms with E-state index in [4.69, 9.17) is 9.47 Å². The van der Waals surface area contributed by atoms with Crippen molar-refractivity contribution in [2.24, 2.45) is 11.8 Å². The van der Waals surface area contributed by atoms with Crippen LogP contribution in [0.4, 0.5) is 5.69 Å². The zero-order valence-corrected chi connectivity index (χ0v) is 19.3. The molecule has 1 aliphatic carbocycles. The molecule has 1 aliphatic heterocycles. The summed E-state index contributed by atoms with van der Waals surface area (Å²) in [7, 11) is 1.70. The zero-order chi connectivity index (χ0) is 22.2. The number of hydrogen-bond acceptors (Lipinski definition) is 5. The van der Waals surface area contributed by atoms with Crippen molar-refractivity contribution in [1.82, 2.24) is 4.90 Å². The third-order valence-corrected chi connectivity index (χ3v) is 5.98. The highest BCUT2D eigenvalue weighted by molar-refractivity contribution is 5.65. The van der Waals surface area contributed by atoms with Crippen LogP contribution in [0.25, 0.3) is 0 Å². The molecule has 5 nitrogen and oxygen atoms in total. The topological polar surface area (TPSA) is 42.0 Å². The van der Waals surface area contributed by atoms with Crippen molar-refractivity contribution < 1.29 is 14.3 Å². The number of allylic oxidation sites excluding steroid dienone is 5. The van der Waals surface area contributed by atoms with Gasteiger partial charge in [-0.05, 0) is 41.7 Å². The SMILES string of the molecule is CCCOC1=CC(C(C)C)=CC=C(CN2CCN(c3cccc(OC)c3)CC2)C1C=O. The number of benzene rings is 1. The Bertz CT molecular complexity index is 833. The van der Waals surface area contributed by atoms with Crippen LogP contribution in [-0.4, -0.2) is 57.6 Å². The maximum absolute atomic E-state index is 12.1. The molecule has 0 aromatic heterocycles. The monoisotopic (exact) mass is 424 g/mol. The van der Waals surface area contributed by atoms with E-state index in [2.05, 4.69) is 60.9 Å². The summed E-state index contributed by atoms with van der Waals surface area (Å²) in [6, 6.07) is 8.23. The maximum Gasteiger partial charge on any atom is 0.134 e. The first-order valence-electron chi connectivity index (χ1n) is 11.4. The summed E-state index contributed by atoms with van der Waals surface area (Å²) >= 11 is 0. The number of hydrogen-bond donors (Lipinski definition) is 0. The van der Waals surface area contributed by atoms with Gasteiger partial charge in [-0.1, -0.05) is 39.0 Å². The van der Waals surface area contributed by atoms with E-state index < -0.39 is 0 Å². The fourth-order valence-corrected chi connectivity index (χ4v) is 4.04. The number of ether oxygens (including phenoxy) is 2. The highest BCUT2D eigenvalue weighted by Crippen LogP contribution is 2.29. The highest BCUT2D eigenvalue weighted by atomic mass is 16.5.